The van der Waals surface area contributed by atoms with E-state index < -0.39 is 10.0 Å². The summed E-state index contributed by atoms with van der Waals surface area (Å²) in [4.78, 5) is 14.9. The zero-order valence-corrected chi connectivity index (χ0v) is 17.0. The molecule has 1 unspecified atom stereocenters. The highest BCUT2D eigenvalue weighted by molar-refractivity contribution is 7.89. The molecule has 1 amide bonds. The van der Waals surface area contributed by atoms with Crippen molar-refractivity contribution in [3.63, 3.8) is 0 Å². The summed E-state index contributed by atoms with van der Waals surface area (Å²) in [7, 11) is -1.47. The van der Waals surface area contributed by atoms with Gasteiger partial charge in [-0.25, -0.2) is 8.42 Å². The molecule has 0 aliphatic carbocycles. The van der Waals surface area contributed by atoms with Gasteiger partial charge in [0.1, 0.15) is 0 Å². The number of sulfonamides is 1. The molecule has 2 heterocycles. The van der Waals surface area contributed by atoms with Crippen molar-refractivity contribution >= 4 is 15.9 Å². The molecule has 0 spiro atoms. The second kappa shape index (κ2) is 9.17. The highest BCUT2D eigenvalue weighted by atomic mass is 32.2. The van der Waals surface area contributed by atoms with Gasteiger partial charge < -0.3 is 10.2 Å². The van der Waals surface area contributed by atoms with Crippen molar-refractivity contribution < 1.29 is 13.2 Å². The molecule has 27 heavy (non-hydrogen) atoms. The Balaban J connectivity index is 1.61. The standard InChI is InChI=1S/C20H31N3O3S/c1-21-15-18-6-5-11-22(16-18)20(24)14-17-7-9-19(10-8-17)27(25,26)23-12-3-2-4-13-23/h7-10,18,21H,2-6,11-16H2,1H3. The number of rotatable bonds is 6. The van der Waals surface area contributed by atoms with Crippen LogP contribution in [-0.4, -0.2) is 63.3 Å². The summed E-state index contributed by atoms with van der Waals surface area (Å²) in [5, 5.41) is 3.20. The Morgan fingerprint density at radius 3 is 2.44 bits per heavy atom. The van der Waals surface area contributed by atoms with Gasteiger partial charge in [0, 0.05) is 26.2 Å². The zero-order valence-electron chi connectivity index (χ0n) is 16.2. The van der Waals surface area contributed by atoms with Gasteiger partial charge in [0.25, 0.3) is 0 Å². The van der Waals surface area contributed by atoms with Crippen LogP contribution in [0.15, 0.2) is 29.2 Å². The van der Waals surface area contributed by atoms with Crippen LogP contribution in [0.5, 0.6) is 0 Å². The summed E-state index contributed by atoms with van der Waals surface area (Å²) in [6, 6.07) is 6.85. The number of piperidine rings is 2. The minimum Gasteiger partial charge on any atom is -0.342 e. The minimum absolute atomic E-state index is 0.127. The van der Waals surface area contributed by atoms with Crippen LogP contribution in [0, 0.1) is 5.92 Å². The Hall–Kier alpha value is -1.44. The van der Waals surface area contributed by atoms with Gasteiger partial charge in [-0.15, -0.1) is 0 Å². The minimum atomic E-state index is -3.41. The molecule has 7 heteroatoms. The van der Waals surface area contributed by atoms with Gasteiger partial charge in [-0.3, -0.25) is 4.79 Å². The summed E-state index contributed by atoms with van der Waals surface area (Å²) in [5.74, 6) is 0.646. The highest BCUT2D eigenvalue weighted by Gasteiger charge is 2.26. The first-order chi connectivity index (χ1) is 13.0. The normalized spacial score (nSPS) is 22.0. The van der Waals surface area contributed by atoms with Crippen molar-refractivity contribution in [2.24, 2.45) is 5.92 Å². The van der Waals surface area contributed by atoms with Crippen LogP contribution < -0.4 is 5.32 Å². The fourth-order valence-electron chi connectivity index (χ4n) is 4.07. The van der Waals surface area contributed by atoms with Gasteiger partial charge >= 0.3 is 0 Å². The lowest BCUT2D eigenvalue weighted by molar-refractivity contribution is -0.132. The number of carbonyl (C=O) groups is 1. The summed E-state index contributed by atoms with van der Waals surface area (Å²) >= 11 is 0. The van der Waals surface area contributed by atoms with E-state index in [9.17, 15) is 13.2 Å². The molecule has 2 aliphatic heterocycles. The Morgan fingerprint density at radius 2 is 1.78 bits per heavy atom. The van der Waals surface area contributed by atoms with Crippen LogP contribution in [0.2, 0.25) is 0 Å². The van der Waals surface area contributed by atoms with E-state index in [1.807, 2.05) is 11.9 Å². The monoisotopic (exact) mass is 393 g/mol. The van der Waals surface area contributed by atoms with E-state index in [1.54, 1.807) is 28.6 Å². The maximum atomic E-state index is 12.7. The number of benzene rings is 1. The second-order valence-electron chi connectivity index (χ2n) is 7.69. The number of hydrogen-bond donors (Lipinski definition) is 1. The average molecular weight is 394 g/mol. The zero-order chi connectivity index (χ0) is 19.3. The molecule has 0 saturated carbocycles. The van der Waals surface area contributed by atoms with E-state index in [-0.39, 0.29) is 5.91 Å². The van der Waals surface area contributed by atoms with Gasteiger partial charge in [-0.1, -0.05) is 18.6 Å². The third kappa shape index (κ3) is 5.09. The molecule has 3 rings (SSSR count). The van der Waals surface area contributed by atoms with Crippen molar-refractivity contribution in [2.75, 3.05) is 39.8 Å². The lowest BCUT2D eigenvalue weighted by atomic mass is 9.97. The lowest BCUT2D eigenvalue weighted by Gasteiger charge is -2.32. The van der Waals surface area contributed by atoms with E-state index >= 15 is 0 Å². The highest BCUT2D eigenvalue weighted by Crippen LogP contribution is 2.22. The third-order valence-electron chi connectivity index (χ3n) is 5.60. The molecule has 2 fully saturated rings. The van der Waals surface area contributed by atoms with E-state index in [0.717, 1.165) is 57.3 Å². The van der Waals surface area contributed by atoms with E-state index in [0.29, 0.717) is 30.3 Å². The third-order valence-corrected chi connectivity index (χ3v) is 7.51. The number of nitrogens with one attached hydrogen (secondary N) is 1. The van der Waals surface area contributed by atoms with Crippen LogP contribution in [0.4, 0.5) is 0 Å². The SMILES string of the molecule is CNCC1CCCN(C(=O)Cc2ccc(S(=O)(=O)N3CCCCC3)cc2)C1. The Bertz CT molecular complexity index is 725. The fraction of sp³-hybridized carbons (Fsp3) is 0.650. The quantitative estimate of drug-likeness (QED) is 0.801. The van der Waals surface area contributed by atoms with Crippen molar-refractivity contribution in [1.82, 2.24) is 14.5 Å². The molecule has 1 N–H and O–H groups in total. The van der Waals surface area contributed by atoms with Crippen LogP contribution in [0.3, 0.4) is 0 Å². The molecule has 2 aliphatic rings. The van der Waals surface area contributed by atoms with Crippen LogP contribution in [-0.2, 0) is 21.2 Å². The van der Waals surface area contributed by atoms with E-state index in [1.165, 1.54) is 0 Å². The number of carbonyl (C=O) groups excluding carboxylic acids is 1. The van der Waals surface area contributed by atoms with E-state index in [2.05, 4.69) is 5.32 Å². The fourth-order valence-corrected chi connectivity index (χ4v) is 5.58. The van der Waals surface area contributed by atoms with Crippen molar-refractivity contribution in [3.05, 3.63) is 29.8 Å². The average Bonchev–Trinajstić information content (AvgIpc) is 2.69. The summed E-state index contributed by atoms with van der Waals surface area (Å²) in [5.41, 5.74) is 0.869. The Morgan fingerprint density at radius 1 is 1.07 bits per heavy atom. The van der Waals surface area contributed by atoms with Gasteiger partial charge in [0.05, 0.1) is 11.3 Å². The maximum absolute atomic E-state index is 12.7. The van der Waals surface area contributed by atoms with E-state index in [4.69, 9.17) is 0 Å². The van der Waals surface area contributed by atoms with Gasteiger partial charge in [0.15, 0.2) is 0 Å². The molecule has 2 saturated heterocycles. The van der Waals surface area contributed by atoms with Gasteiger partial charge in [-0.2, -0.15) is 4.31 Å². The van der Waals surface area contributed by atoms with Crippen LogP contribution >= 0.6 is 0 Å². The number of nitrogens with zero attached hydrogens (tertiary/aromatic N) is 2. The number of amides is 1. The summed E-state index contributed by atoms with van der Waals surface area (Å²) < 4.78 is 27.0. The molecule has 0 aromatic heterocycles. The van der Waals surface area contributed by atoms with Gasteiger partial charge in [0.2, 0.25) is 15.9 Å². The molecule has 150 valence electrons. The molecular formula is C20H31N3O3S. The van der Waals surface area contributed by atoms with Gasteiger partial charge in [-0.05, 0) is 62.9 Å². The lowest BCUT2D eigenvalue weighted by Crippen LogP contribution is -2.43. The topological polar surface area (TPSA) is 69.7 Å². The van der Waals surface area contributed by atoms with Crippen molar-refractivity contribution in [1.29, 1.82) is 0 Å². The summed E-state index contributed by atoms with van der Waals surface area (Å²) in [6.45, 7) is 3.77. The summed E-state index contributed by atoms with van der Waals surface area (Å²) in [6.07, 6.45) is 5.49. The number of likely N-dealkylation sites (tertiary alicyclic amines) is 1. The second-order valence-corrected chi connectivity index (χ2v) is 9.63. The molecule has 1 atom stereocenters. The maximum Gasteiger partial charge on any atom is 0.243 e. The molecule has 0 radical (unpaired) electrons. The first-order valence-electron chi connectivity index (χ1n) is 10.0. The Kier molecular flexibility index (Phi) is 6.89. The predicted molar refractivity (Wildman–Crippen MR) is 106 cm³/mol. The molecule has 0 bridgehead atoms. The first-order valence-corrected chi connectivity index (χ1v) is 11.5. The molecule has 1 aromatic rings. The smallest absolute Gasteiger partial charge is 0.243 e. The van der Waals surface area contributed by atoms with Crippen molar-refractivity contribution in [3.8, 4) is 0 Å². The first kappa shape index (κ1) is 20.3. The molecule has 1 aromatic carbocycles. The van der Waals surface area contributed by atoms with Crippen LogP contribution in [0.25, 0.3) is 0 Å². The van der Waals surface area contributed by atoms with Crippen LogP contribution in [0.1, 0.15) is 37.7 Å². The Labute approximate surface area is 163 Å². The largest absolute Gasteiger partial charge is 0.342 e. The molecular weight excluding hydrogens is 362 g/mol. The molecule has 6 nitrogen and oxygen atoms in total. The predicted octanol–water partition coefficient (Wildman–Crippen LogP) is 1.86. The number of hydrogen-bond acceptors (Lipinski definition) is 4. The van der Waals surface area contributed by atoms with Crippen molar-refractivity contribution in [2.45, 2.75) is 43.4 Å².